The van der Waals surface area contributed by atoms with Crippen LogP contribution in [0.25, 0.3) is 0 Å². The van der Waals surface area contributed by atoms with E-state index >= 15 is 0 Å². The molecule has 2 atom stereocenters. The highest BCUT2D eigenvalue weighted by Gasteiger charge is 2.22. The van der Waals surface area contributed by atoms with Gasteiger partial charge in [-0.2, -0.15) is 0 Å². The van der Waals surface area contributed by atoms with Crippen LogP contribution in [0.15, 0.2) is 42.5 Å². The third-order valence-corrected chi connectivity index (χ3v) is 5.31. The van der Waals surface area contributed by atoms with Crippen molar-refractivity contribution in [2.45, 2.75) is 65.0 Å². The van der Waals surface area contributed by atoms with E-state index in [1.165, 1.54) is 35.1 Å². The molecule has 0 bridgehead atoms. The fourth-order valence-electron chi connectivity index (χ4n) is 3.77. The number of carbonyl (C=O) groups excluding carboxylic acids is 1. The van der Waals surface area contributed by atoms with Crippen LogP contribution in [0, 0.1) is 6.92 Å². The van der Waals surface area contributed by atoms with E-state index in [2.05, 4.69) is 37.4 Å². The third kappa shape index (κ3) is 4.09. The molecule has 3 heteroatoms. The SMILES string of the molecule is CCC(NC(=O)C(C)Oc1cccc2c1CCCC2)c1ccccc1C. The van der Waals surface area contributed by atoms with E-state index in [4.69, 9.17) is 4.74 Å². The monoisotopic (exact) mass is 351 g/mol. The van der Waals surface area contributed by atoms with E-state index in [9.17, 15) is 4.79 Å². The van der Waals surface area contributed by atoms with Gasteiger partial charge < -0.3 is 10.1 Å². The Bertz CT molecular complexity index is 769. The van der Waals surface area contributed by atoms with Crippen LogP contribution in [0.1, 0.15) is 61.4 Å². The van der Waals surface area contributed by atoms with Crippen molar-refractivity contribution in [3.63, 3.8) is 0 Å². The molecule has 2 aromatic carbocycles. The summed E-state index contributed by atoms with van der Waals surface area (Å²) in [5.74, 6) is 0.808. The third-order valence-electron chi connectivity index (χ3n) is 5.31. The molecule has 0 aromatic heterocycles. The highest BCUT2D eigenvalue weighted by Crippen LogP contribution is 2.30. The molecule has 0 aliphatic heterocycles. The summed E-state index contributed by atoms with van der Waals surface area (Å²) in [4.78, 5) is 12.7. The summed E-state index contributed by atoms with van der Waals surface area (Å²) in [6.07, 6.45) is 4.92. The lowest BCUT2D eigenvalue weighted by Crippen LogP contribution is -2.38. The maximum atomic E-state index is 12.7. The Morgan fingerprint density at radius 3 is 2.65 bits per heavy atom. The minimum Gasteiger partial charge on any atom is -0.481 e. The summed E-state index contributed by atoms with van der Waals surface area (Å²) in [5, 5.41) is 3.16. The van der Waals surface area contributed by atoms with Gasteiger partial charge >= 0.3 is 0 Å². The van der Waals surface area contributed by atoms with Crippen LogP contribution in [0.2, 0.25) is 0 Å². The maximum Gasteiger partial charge on any atom is 0.261 e. The van der Waals surface area contributed by atoms with Gasteiger partial charge in [-0.3, -0.25) is 4.79 Å². The molecule has 1 aliphatic rings. The number of hydrogen-bond acceptors (Lipinski definition) is 2. The Labute approximate surface area is 156 Å². The summed E-state index contributed by atoms with van der Waals surface area (Å²) >= 11 is 0. The summed E-state index contributed by atoms with van der Waals surface area (Å²) in [5.41, 5.74) is 5.02. The minimum atomic E-state index is -0.513. The van der Waals surface area contributed by atoms with Gasteiger partial charge in [0, 0.05) is 0 Å². The quantitative estimate of drug-likeness (QED) is 0.803. The van der Waals surface area contributed by atoms with Crippen LogP contribution in [0.4, 0.5) is 0 Å². The summed E-state index contributed by atoms with van der Waals surface area (Å²) in [7, 11) is 0. The molecule has 3 nitrogen and oxygen atoms in total. The van der Waals surface area contributed by atoms with Gasteiger partial charge in [0.2, 0.25) is 0 Å². The molecule has 0 fully saturated rings. The Kier molecular flexibility index (Phi) is 5.97. The highest BCUT2D eigenvalue weighted by atomic mass is 16.5. The van der Waals surface area contributed by atoms with E-state index in [0.717, 1.165) is 25.0 Å². The zero-order valence-electron chi connectivity index (χ0n) is 16.0. The number of nitrogens with one attached hydrogen (secondary N) is 1. The number of amides is 1. The Morgan fingerprint density at radius 1 is 1.12 bits per heavy atom. The van der Waals surface area contributed by atoms with Crippen LogP contribution in [-0.2, 0) is 17.6 Å². The van der Waals surface area contributed by atoms with Gasteiger partial charge in [-0.25, -0.2) is 0 Å². The van der Waals surface area contributed by atoms with Crippen molar-refractivity contribution in [1.29, 1.82) is 0 Å². The first-order chi connectivity index (χ1) is 12.6. The molecular weight excluding hydrogens is 322 g/mol. The lowest BCUT2D eigenvalue weighted by atomic mass is 9.91. The standard InChI is InChI=1S/C23H29NO2/c1-4-21(19-13-7-5-10-16(19)2)24-23(25)17(3)26-22-15-9-12-18-11-6-8-14-20(18)22/h5,7,9-10,12-13,15,17,21H,4,6,8,11,14H2,1-3H3,(H,24,25). The van der Waals surface area contributed by atoms with Gasteiger partial charge in [0.05, 0.1) is 6.04 Å². The van der Waals surface area contributed by atoms with Crippen LogP contribution < -0.4 is 10.1 Å². The molecule has 0 saturated heterocycles. The average molecular weight is 351 g/mol. The Hall–Kier alpha value is -2.29. The molecule has 2 aromatic rings. The van der Waals surface area contributed by atoms with E-state index < -0.39 is 6.10 Å². The molecule has 2 unspecified atom stereocenters. The topological polar surface area (TPSA) is 38.3 Å². The second-order valence-corrected chi connectivity index (χ2v) is 7.19. The lowest BCUT2D eigenvalue weighted by Gasteiger charge is -2.24. The van der Waals surface area contributed by atoms with Crippen LogP contribution in [0.5, 0.6) is 5.75 Å². The number of aryl methyl sites for hydroxylation is 2. The molecule has 0 heterocycles. The van der Waals surface area contributed by atoms with Gasteiger partial charge in [0.1, 0.15) is 5.75 Å². The number of benzene rings is 2. The first-order valence-electron chi connectivity index (χ1n) is 9.73. The molecule has 0 saturated carbocycles. The van der Waals surface area contributed by atoms with Crippen molar-refractivity contribution in [2.75, 3.05) is 0 Å². The number of ether oxygens (including phenoxy) is 1. The first kappa shape index (κ1) is 18.5. The van der Waals surface area contributed by atoms with Crippen molar-refractivity contribution >= 4 is 5.91 Å². The zero-order chi connectivity index (χ0) is 18.5. The number of rotatable bonds is 6. The number of fused-ring (bicyclic) bond motifs is 1. The zero-order valence-corrected chi connectivity index (χ0v) is 16.0. The van der Waals surface area contributed by atoms with Gasteiger partial charge in [-0.1, -0.05) is 43.3 Å². The number of carbonyl (C=O) groups is 1. The van der Waals surface area contributed by atoms with Gasteiger partial charge in [0.25, 0.3) is 5.91 Å². The van der Waals surface area contributed by atoms with Crippen LogP contribution >= 0.6 is 0 Å². The van der Waals surface area contributed by atoms with Crippen molar-refractivity contribution < 1.29 is 9.53 Å². The molecule has 1 amide bonds. The fourth-order valence-corrected chi connectivity index (χ4v) is 3.77. The van der Waals surface area contributed by atoms with Gasteiger partial charge in [0.15, 0.2) is 6.10 Å². The molecule has 1 aliphatic carbocycles. The molecule has 0 radical (unpaired) electrons. The minimum absolute atomic E-state index is 0.0134. The Morgan fingerprint density at radius 2 is 1.88 bits per heavy atom. The molecule has 3 rings (SSSR count). The molecule has 26 heavy (non-hydrogen) atoms. The predicted octanol–water partition coefficient (Wildman–Crippen LogP) is 4.91. The van der Waals surface area contributed by atoms with E-state index in [1.807, 2.05) is 31.2 Å². The largest absolute Gasteiger partial charge is 0.481 e. The lowest BCUT2D eigenvalue weighted by molar-refractivity contribution is -0.128. The first-order valence-corrected chi connectivity index (χ1v) is 9.73. The van der Waals surface area contributed by atoms with Crippen LogP contribution in [0.3, 0.4) is 0 Å². The van der Waals surface area contributed by atoms with E-state index in [-0.39, 0.29) is 11.9 Å². The van der Waals surface area contributed by atoms with Crippen LogP contribution in [-0.4, -0.2) is 12.0 Å². The smallest absolute Gasteiger partial charge is 0.261 e. The molecule has 0 spiro atoms. The van der Waals surface area contributed by atoms with Crippen molar-refractivity contribution in [1.82, 2.24) is 5.32 Å². The van der Waals surface area contributed by atoms with Crippen molar-refractivity contribution in [3.05, 3.63) is 64.7 Å². The molecule has 1 N–H and O–H groups in total. The number of hydrogen-bond donors (Lipinski definition) is 1. The second-order valence-electron chi connectivity index (χ2n) is 7.19. The highest BCUT2D eigenvalue weighted by molar-refractivity contribution is 5.81. The summed E-state index contributed by atoms with van der Waals surface area (Å²) < 4.78 is 6.07. The van der Waals surface area contributed by atoms with Crippen molar-refractivity contribution in [2.24, 2.45) is 0 Å². The van der Waals surface area contributed by atoms with E-state index in [0.29, 0.717) is 0 Å². The normalized spacial score (nSPS) is 15.7. The predicted molar refractivity (Wildman–Crippen MR) is 106 cm³/mol. The molecule has 138 valence electrons. The van der Waals surface area contributed by atoms with Gasteiger partial charge in [-0.05, 0) is 74.3 Å². The Balaban J connectivity index is 1.69. The second kappa shape index (κ2) is 8.39. The summed E-state index contributed by atoms with van der Waals surface area (Å²) in [6.45, 7) is 6.01. The average Bonchev–Trinajstić information content (AvgIpc) is 2.67. The fraction of sp³-hybridized carbons (Fsp3) is 0.435. The molecular formula is C23H29NO2. The summed E-state index contributed by atoms with van der Waals surface area (Å²) in [6, 6.07) is 14.4. The maximum absolute atomic E-state index is 12.7. The van der Waals surface area contributed by atoms with Gasteiger partial charge in [-0.15, -0.1) is 0 Å². The van der Waals surface area contributed by atoms with Crippen molar-refractivity contribution in [3.8, 4) is 5.75 Å². The van der Waals surface area contributed by atoms with E-state index in [1.54, 1.807) is 0 Å².